The SMILES string of the molecule is C/C(=N\OCc1ccc(C(F)(F)F)cc1)c1ccc(OCC2=C(O)C(C)(C)OC2=O)cc1. The van der Waals surface area contributed by atoms with Crippen LogP contribution in [0.25, 0.3) is 0 Å². The van der Waals surface area contributed by atoms with E-state index in [1.165, 1.54) is 12.1 Å². The van der Waals surface area contributed by atoms with E-state index in [2.05, 4.69) is 5.16 Å². The third-order valence-electron chi connectivity index (χ3n) is 4.82. The van der Waals surface area contributed by atoms with Gasteiger partial charge in [-0.1, -0.05) is 17.3 Å². The van der Waals surface area contributed by atoms with Crippen LogP contribution < -0.4 is 4.74 Å². The molecular weight excluding hydrogens is 427 g/mol. The molecular formula is C23H22F3NO5. The zero-order valence-electron chi connectivity index (χ0n) is 17.7. The molecule has 0 bridgehead atoms. The molecule has 0 saturated heterocycles. The van der Waals surface area contributed by atoms with Crippen molar-refractivity contribution in [2.45, 2.75) is 39.2 Å². The second-order valence-electron chi connectivity index (χ2n) is 7.68. The molecule has 0 aliphatic carbocycles. The molecule has 1 aliphatic heterocycles. The normalized spacial score (nSPS) is 16.2. The third-order valence-corrected chi connectivity index (χ3v) is 4.82. The van der Waals surface area contributed by atoms with E-state index in [4.69, 9.17) is 14.3 Å². The zero-order chi connectivity index (χ0) is 23.5. The Balaban J connectivity index is 1.54. The number of ether oxygens (including phenoxy) is 2. The first-order valence-electron chi connectivity index (χ1n) is 9.69. The molecule has 0 aromatic heterocycles. The minimum atomic E-state index is -4.38. The number of hydrogen-bond donors (Lipinski definition) is 1. The van der Waals surface area contributed by atoms with Crippen LogP contribution in [0.3, 0.4) is 0 Å². The van der Waals surface area contributed by atoms with Crippen LogP contribution in [0.15, 0.2) is 65.0 Å². The number of halogens is 3. The predicted molar refractivity (Wildman–Crippen MR) is 110 cm³/mol. The number of alkyl halides is 3. The number of carbonyl (C=O) groups is 1. The Bertz CT molecular complexity index is 1040. The van der Waals surface area contributed by atoms with Crippen LogP contribution in [-0.4, -0.2) is 29.0 Å². The number of cyclic esters (lactones) is 1. The molecule has 0 spiro atoms. The van der Waals surface area contributed by atoms with Crippen molar-refractivity contribution in [1.29, 1.82) is 0 Å². The number of aliphatic hydroxyl groups excluding tert-OH is 1. The highest BCUT2D eigenvalue weighted by molar-refractivity contribution is 5.98. The summed E-state index contributed by atoms with van der Waals surface area (Å²) in [6, 6.07) is 11.5. The summed E-state index contributed by atoms with van der Waals surface area (Å²) < 4.78 is 48.4. The molecule has 3 rings (SSSR count). The van der Waals surface area contributed by atoms with Gasteiger partial charge in [0, 0.05) is 0 Å². The second-order valence-corrected chi connectivity index (χ2v) is 7.68. The van der Waals surface area contributed by atoms with Gasteiger partial charge in [0.2, 0.25) is 0 Å². The Morgan fingerprint density at radius 2 is 1.69 bits per heavy atom. The van der Waals surface area contributed by atoms with Gasteiger partial charge in [0.05, 0.1) is 11.3 Å². The van der Waals surface area contributed by atoms with E-state index in [1.54, 1.807) is 45.0 Å². The fourth-order valence-corrected chi connectivity index (χ4v) is 2.92. The molecule has 2 aromatic rings. The van der Waals surface area contributed by atoms with Crippen molar-refractivity contribution in [2.24, 2.45) is 5.16 Å². The van der Waals surface area contributed by atoms with Crippen LogP contribution in [0.4, 0.5) is 13.2 Å². The molecule has 32 heavy (non-hydrogen) atoms. The lowest BCUT2D eigenvalue weighted by Gasteiger charge is -2.16. The average molecular weight is 449 g/mol. The molecule has 0 atom stereocenters. The first kappa shape index (κ1) is 23.2. The molecule has 9 heteroatoms. The number of benzene rings is 2. The Labute approximate surface area is 182 Å². The fourth-order valence-electron chi connectivity index (χ4n) is 2.92. The summed E-state index contributed by atoms with van der Waals surface area (Å²) in [5, 5.41) is 14.1. The molecule has 0 amide bonds. The molecule has 1 N–H and O–H groups in total. The molecule has 6 nitrogen and oxygen atoms in total. The van der Waals surface area contributed by atoms with Gasteiger partial charge in [-0.25, -0.2) is 4.79 Å². The van der Waals surface area contributed by atoms with Crippen molar-refractivity contribution in [2.75, 3.05) is 6.61 Å². The Morgan fingerprint density at radius 1 is 1.06 bits per heavy atom. The number of carbonyl (C=O) groups excluding carboxylic acids is 1. The first-order valence-corrected chi connectivity index (χ1v) is 9.69. The second kappa shape index (κ2) is 8.94. The monoisotopic (exact) mass is 449 g/mol. The van der Waals surface area contributed by atoms with Crippen LogP contribution in [0.1, 0.15) is 37.5 Å². The van der Waals surface area contributed by atoms with E-state index in [-0.39, 0.29) is 24.5 Å². The third kappa shape index (κ3) is 5.40. The Hall–Kier alpha value is -3.49. The van der Waals surface area contributed by atoms with Gasteiger partial charge in [-0.05, 0) is 68.3 Å². The highest BCUT2D eigenvalue weighted by Gasteiger charge is 2.40. The van der Waals surface area contributed by atoms with Crippen LogP contribution >= 0.6 is 0 Å². The molecule has 0 saturated carbocycles. The summed E-state index contributed by atoms with van der Waals surface area (Å²) in [7, 11) is 0. The summed E-state index contributed by atoms with van der Waals surface area (Å²) in [5.74, 6) is -0.283. The highest BCUT2D eigenvalue weighted by atomic mass is 19.4. The molecule has 1 aliphatic rings. The molecule has 2 aromatic carbocycles. The quantitative estimate of drug-likeness (QED) is 0.358. The standard InChI is InChI=1S/C23H22F3NO5/c1-14(27-31-12-15-4-8-17(9-5-15)23(24,25)26)16-6-10-18(11-7-16)30-13-19-20(28)22(2,3)32-21(19)29/h4-11,28H,12-13H2,1-3H3/b27-14+. The van der Waals surface area contributed by atoms with Crippen LogP contribution in [0, 0.1) is 0 Å². The van der Waals surface area contributed by atoms with E-state index in [0.717, 1.165) is 17.7 Å². The number of oxime groups is 1. The van der Waals surface area contributed by atoms with Crippen LogP contribution in [-0.2, 0) is 27.2 Å². The summed E-state index contributed by atoms with van der Waals surface area (Å²) in [6.45, 7) is 4.80. The molecule has 170 valence electrons. The minimum Gasteiger partial charge on any atom is -0.507 e. The van der Waals surface area contributed by atoms with Crippen molar-refractivity contribution in [3.05, 3.63) is 76.6 Å². The zero-order valence-corrected chi connectivity index (χ0v) is 17.7. The predicted octanol–water partition coefficient (Wildman–Crippen LogP) is 5.17. The summed E-state index contributed by atoms with van der Waals surface area (Å²) in [5.41, 5.74) is 0.160. The van der Waals surface area contributed by atoms with Crippen molar-refractivity contribution in [3.63, 3.8) is 0 Å². The van der Waals surface area contributed by atoms with Gasteiger partial charge in [0.15, 0.2) is 5.60 Å². The topological polar surface area (TPSA) is 77.3 Å². The van der Waals surface area contributed by atoms with Gasteiger partial charge in [0.1, 0.15) is 30.3 Å². The number of hydrogen-bond acceptors (Lipinski definition) is 6. The van der Waals surface area contributed by atoms with Gasteiger partial charge >= 0.3 is 12.1 Å². The molecule has 0 radical (unpaired) electrons. The van der Waals surface area contributed by atoms with Gasteiger partial charge in [-0.3, -0.25) is 0 Å². The number of nitrogens with zero attached hydrogens (tertiary/aromatic N) is 1. The van der Waals surface area contributed by atoms with Crippen molar-refractivity contribution in [3.8, 4) is 5.75 Å². The van der Waals surface area contributed by atoms with Gasteiger partial charge in [-0.15, -0.1) is 0 Å². The maximum Gasteiger partial charge on any atom is 0.416 e. The fraction of sp³-hybridized carbons (Fsp3) is 0.304. The lowest BCUT2D eigenvalue weighted by molar-refractivity contribution is -0.145. The van der Waals surface area contributed by atoms with Gasteiger partial charge < -0.3 is 19.4 Å². The molecule has 0 fully saturated rings. The van der Waals surface area contributed by atoms with E-state index < -0.39 is 23.3 Å². The maximum atomic E-state index is 12.6. The maximum absolute atomic E-state index is 12.6. The van der Waals surface area contributed by atoms with E-state index in [1.807, 2.05) is 0 Å². The first-order chi connectivity index (χ1) is 15.0. The Morgan fingerprint density at radius 3 is 2.22 bits per heavy atom. The van der Waals surface area contributed by atoms with E-state index >= 15 is 0 Å². The van der Waals surface area contributed by atoms with Gasteiger partial charge in [0.25, 0.3) is 0 Å². The summed E-state index contributed by atoms with van der Waals surface area (Å²) >= 11 is 0. The lowest BCUT2D eigenvalue weighted by Crippen LogP contribution is -2.22. The molecule has 0 unspecified atom stereocenters. The highest BCUT2D eigenvalue weighted by Crippen LogP contribution is 2.31. The summed E-state index contributed by atoms with van der Waals surface area (Å²) in [4.78, 5) is 17.1. The van der Waals surface area contributed by atoms with Crippen molar-refractivity contribution in [1.82, 2.24) is 0 Å². The van der Waals surface area contributed by atoms with E-state index in [9.17, 15) is 23.1 Å². The van der Waals surface area contributed by atoms with Gasteiger partial charge in [-0.2, -0.15) is 13.2 Å². The number of rotatable bonds is 7. The van der Waals surface area contributed by atoms with Crippen LogP contribution in [0.2, 0.25) is 0 Å². The lowest BCUT2D eigenvalue weighted by atomic mass is 10.1. The van der Waals surface area contributed by atoms with Crippen molar-refractivity contribution < 1.29 is 37.4 Å². The van der Waals surface area contributed by atoms with E-state index in [0.29, 0.717) is 17.0 Å². The van der Waals surface area contributed by atoms with Crippen molar-refractivity contribution >= 4 is 11.7 Å². The number of esters is 1. The Kier molecular flexibility index (Phi) is 6.47. The average Bonchev–Trinajstić information content (AvgIpc) is 2.93. The summed E-state index contributed by atoms with van der Waals surface area (Å²) in [6.07, 6.45) is -4.38. The smallest absolute Gasteiger partial charge is 0.416 e. The minimum absolute atomic E-state index is 0.0295. The molecule has 1 heterocycles. The van der Waals surface area contributed by atoms with Crippen LogP contribution in [0.5, 0.6) is 5.75 Å². The number of aliphatic hydroxyl groups is 1. The largest absolute Gasteiger partial charge is 0.507 e.